The van der Waals surface area contributed by atoms with Crippen LogP contribution in [0.25, 0.3) is 0 Å². The molecular formula is C16H19N5O2. The molecule has 120 valence electrons. The number of aryl methyl sites for hydroxylation is 1. The molecule has 7 heteroatoms. The lowest BCUT2D eigenvalue weighted by Crippen LogP contribution is -2.42. The molecule has 1 saturated heterocycles. The summed E-state index contributed by atoms with van der Waals surface area (Å²) in [4.78, 5) is 26.3. The molecule has 2 amide bonds. The highest BCUT2D eigenvalue weighted by Gasteiger charge is 2.32. The van der Waals surface area contributed by atoms with E-state index < -0.39 is 6.04 Å². The lowest BCUT2D eigenvalue weighted by molar-refractivity contribution is -0.132. The lowest BCUT2D eigenvalue weighted by Gasteiger charge is -2.17. The predicted molar refractivity (Wildman–Crippen MR) is 83.1 cm³/mol. The first kappa shape index (κ1) is 15.2. The SMILES string of the molecule is Cn1nncc1CC(=O)NC1CCN(Cc2ccccc2)C1=O. The third-order valence-electron chi connectivity index (χ3n) is 4.00. The molecule has 23 heavy (non-hydrogen) atoms. The maximum absolute atomic E-state index is 12.4. The number of likely N-dealkylation sites (tertiary alicyclic amines) is 1. The molecule has 2 heterocycles. The Balaban J connectivity index is 1.54. The van der Waals surface area contributed by atoms with Crippen LogP contribution in [0.2, 0.25) is 0 Å². The molecule has 1 aromatic heterocycles. The molecule has 1 aliphatic heterocycles. The van der Waals surface area contributed by atoms with Gasteiger partial charge in [-0.05, 0) is 12.0 Å². The number of carbonyl (C=O) groups excluding carboxylic acids is 2. The Labute approximate surface area is 134 Å². The van der Waals surface area contributed by atoms with Crippen molar-refractivity contribution in [2.45, 2.75) is 25.4 Å². The minimum Gasteiger partial charge on any atom is -0.344 e. The van der Waals surface area contributed by atoms with Gasteiger partial charge in [0.2, 0.25) is 11.8 Å². The van der Waals surface area contributed by atoms with Crippen molar-refractivity contribution in [1.82, 2.24) is 25.2 Å². The smallest absolute Gasteiger partial charge is 0.245 e. The van der Waals surface area contributed by atoms with Crippen LogP contribution in [-0.2, 0) is 29.6 Å². The van der Waals surface area contributed by atoms with Crippen LogP contribution in [0.1, 0.15) is 17.7 Å². The van der Waals surface area contributed by atoms with Gasteiger partial charge in [0.15, 0.2) is 0 Å². The van der Waals surface area contributed by atoms with Crippen LogP contribution in [0.3, 0.4) is 0 Å². The van der Waals surface area contributed by atoms with Gasteiger partial charge in [-0.1, -0.05) is 35.5 Å². The fourth-order valence-electron chi connectivity index (χ4n) is 2.71. The summed E-state index contributed by atoms with van der Waals surface area (Å²) in [6.45, 7) is 1.24. The molecule has 1 atom stereocenters. The molecule has 3 rings (SSSR count). The van der Waals surface area contributed by atoms with Crippen molar-refractivity contribution in [1.29, 1.82) is 0 Å². The standard InChI is InChI=1S/C16H19N5O2/c1-20-13(10-17-19-20)9-15(22)18-14-7-8-21(16(14)23)11-12-5-3-2-4-6-12/h2-6,10,14H,7-9,11H2,1H3,(H,18,22). The maximum Gasteiger partial charge on any atom is 0.245 e. The van der Waals surface area contributed by atoms with Crippen molar-refractivity contribution in [3.8, 4) is 0 Å². The van der Waals surface area contributed by atoms with Gasteiger partial charge in [0, 0.05) is 20.1 Å². The van der Waals surface area contributed by atoms with Crippen LogP contribution in [-0.4, -0.2) is 44.3 Å². The molecule has 0 saturated carbocycles. The van der Waals surface area contributed by atoms with Gasteiger partial charge in [-0.25, -0.2) is 0 Å². The lowest BCUT2D eigenvalue weighted by atomic mass is 10.2. The molecule has 1 N–H and O–H groups in total. The quantitative estimate of drug-likeness (QED) is 0.859. The van der Waals surface area contributed by atoms with E-state index >= 15 is 0 Å². The van der Waals surface area contributed by atoms with E-state index in [9.17, 15) is 9.59 Å². The van der Waals surface area contributed by atoms with Gasteiger partial charge in [0.25, 0.3) is 0 Å². The van der Waals surface area contributed by atoms with Crippen LogP contribution in [0.15, 0.2) is 36.5 Å². The van der Waals surface area contributed by atoms with Crippen molar-refractivity contribution in [2.24, 2.45) is 7.05 Å². The summed E-state index contributed by atoms with van der Waals surface area (Å²) in [5, 5.41) is 10.3. The largest absolute Gasteiger partial charge is 0.344 e. The van der Waals surface area contributed by atoms with E-state index in [1.165, 1.54) is 0 Å². The molecular weight excluding hydrogens is 294 g/mol. The van der Waals surface area contributed by atoms with Gasteiger partial charge in [0.05, 0.1) is 18.3 Å². The number of rotatable bonds is 5. The fraction of sp³-hybridized carbons (Fsp3) is 0.375. The van der Waals surface area contributed by atoms with Gasteiger partial charge < -0.3 is 10.2 Å². The molecule has 7 nitrogen and oxygen atoms in total. The number of nitrogens with zero attached hydrogens (tertiary/aromatic N) is 4. The summed E-state index contributed by atoms with van der Waals surface area (Å²) < 4.78 is 1.55. The van der Waals surface area contributed by atoms with Gasteiger partial charge in [-0.15, -0.1) is 5.10 Å². The molecule has 0 aliphatic carbocycles. The molecule has 1 unspecified atom stereocenters. The molecule has 0 bridgehead atoms. The first-order valence-electron chi connectivity index (χ1n) is 7.59. The second-order valence-corrected chi connectivity index (χ2v) is 5.68. The molecule has 0 spiro atoms. The minimum atomic E-state index is -0.438. The van der Waals surface area contributed by atoms with Gasteiger partial charge in [0.1, 0.15) is 6.04 Å². The number of nitrogens with one attached hydrogen (secondary N) is 1. The third kappa shape index (κ3) is 3.56. The third-order valence-corrected chi connectivity index (χ3v) is 4.00. The van der Waals surface area contributed by atoms with Crippen LogP contribution in [0.4, 0.5) is 0 Å². The topological polar surface area (TPSA) is 80.1 Å². The van der Waals surface area contributed by atoms with Crippen molar-refractivity contribution in [2.75, 3.05) is 6.54 Å². The number of hydrogen-bond acceptors (Lipinski definition) is 4. The second kappa shape index (κ2) is 6.60. The summed E-state index contributed by atoms with van der Waals surface area (Å²) in [6, 6.07) is 9.41. The van der Waals surface area contributed by atoms with E-state index in [0.717, 1.165) is 5.56 Å². The second-order valence-electron chi connectivity index (χ2n) is 5.68. The summed E-state index contributed by atoms with van der Waals surface area (Å²) in [7, 11) is 1.73. The van der Waals surface area contributed by atoms with Crippen molar-refractivity contribution in [3.05, 3.63) is 47.8 Å². The highest BCUT2D eigenvalue weighted by molar-refractivity contribution is 5.89. The Hall–Kier alpha value is -2.70. The average molecular weight is 313 g/mol. The molecule has 1 aliphatic rings. The maximum atomic E-state index is 12.4. The van der Waals surface area contributed by atoms with Crippen molar-refractivity contribution < 1.29 is 9.59 Å². The number of benzene rings is 1. The van der Waals surface area contributed by atoms with Crippen LogP contribution >= 0.6 is 0 Å². The fourth-order valence-corrected chi connectivity index (χ4v) is 2.71. The summed E-state index contributed by atoms with van der Waals surface area (Å²) in [6.07, 6.45) is 2.37. The zero-order chi connectivity index (χ0) is 16.2. The summed E-state index contributed by atoms with van der Waals surface area (Å²) >= 11 is 0. The number of amides is 2. The van der Waals surface area contributed by atoms with E-state index in [1.54, 1.807) is 22.8 Å². The summed E-state index contributed by atoms with van der Waals surface area (Å²) in [5.41, 5.74) is 1.81. The Morgan fingerprint density at radius 2 is 2.13 bits per heavy atom. The molecule has 1 aromatic carbocycles. The predicted octanol–water partition coefficient (Wildman–Crippen LogP) is 0.275. The van der Waals surface area contributed by atoms with Gasteiger partial charge >= 0.3 is 0 Å². The normalized spacial score (nSPS) is 17.5. The summed E-state index contributed by atoms with van der Waals surface area (Å²) in [5.74, 6) is -0.208. The Bertz CT molecular complexity index is 698. The molecule has 2 aromatic rings. The van der Waals surface area contributed by atoms with Crippen molar-refractivity contribution in [3.63, 3.8) is 0 Å². The average Bonchev–Trinajstić information content (AvgIpc) is 3.09. The highest BCUT2D eigenvalue weighted by atomic mass is 16.2. The Morgan fingerprint density at radius 3 is 2.83 bits per heavy atom. The Kier molecular flexibility index (Phi) is 4.36. The molecule has 0 radical (unpaired) electrons. The van der Waals surface area contributed by atoms with E-state index in [0.29, 0.717) is 25.2 Å². The van der Waals surface area contributed by atoms with E-state index in [1.807, 2.05) is 30.3 Å². The van der Waals surface area contributed by atoms with Crippen LogP contribution < -0.4 is 5.32 Å². The monoisotopic (exact) mass is 313 g/mol. The molecule has 1 fully saturated rings. The zero-order valence-corrected chi connectivity index (χ0v) is 13.0. The van der Waals surface area contributed by atoms with Crippen LogP contribution in [0.5, 0.6) is 0 Å². The van der Waals surface area contributed by atoms with Gasteiger partial charge in [-0.2, -0.15) is 0 Å². The van der Waals surface area contributed by atoms with Crippen LogP contribution in [0, 0.1) is 0 Å². The van der Waals surface area contributed by atoms with E-state index in [4.69, 9.17) is 0 Å². The number of carbonyl (C=O) groups is 2. The highest BCUT2D eigenvalue weighted by Crippen LogP contribution is 2.15. The van der Waals surface area contributed by atoms with E-state index in [-0.39, 0.29) is 18.2 Å². The first-order chi connectivity index (χ1) is 11.1. The van der Waals surface area contributed by atoms with Gasteiger partial charge in [-0.3, -0.25) is 14.3 Å². The first-order valence-corrected chi connectivity index (χ1v) is 7.59. The van der Waals surface area contributed by atoms with Crippen molar-refractivity contribution >= 4 is 11.8 Å². The zero-order valence-electron chi connectivity index (χ0n) is 13.0. The number of hydrogen-bond donors (Lipinski definition) is 1. The van der Waals surface area contributed by atoms with E-state index in [2.05, 4.69) is 15.6 Å². The minimum absolute atomic E-state index is 0.0228. The Morgan fingerprint density at radius 1 is 1.35 bits per heavy atom. The number of aromatic nitrogens is 3.